The van der Waals surface area contributed by atoms with E-state index in [1.54, 1.807) is 22.7 Å². The van der Waals surface area contributed by atoms with Crippen LogP contribution in [0.3, 0.4) is 0 Å². The minimum Gasteiger partial charge on any atom is -0.396 e. The summed E-state index contributed by atoms with van der Waals surface area (Å²) in [6.07, 6.45) is 0.386. The Morgan fingerprint density at radius 1 is 1.18 bits per heavy atom. The van der Waals surface area contributed by atoms with Crippen LogP contribution in [0.5, 0.6) is 0 Å². The highest BCUT2D eigenvalue weighted by Crippen LogP contribution is 2.38. The molecule has 4 heteroatoms. The number of hydrogen-bond donors (Lipinski definition) is 1. The Kier molecular flexibility index (Phi) is 4.32. The van der Waals surface area contributed by atoms with Crippen LogP contribution in [0, 0.1) is 17.2 Å². The van der Waals surface area contributed by atoms with Gasteiger partial charge in [0, 0.05) is 34.6 Å². The van der Waals surface area contributed by atoms with E-state index in [-0.39, 0.29) is 18.4 Å². The van der Waals surface area contributed by atoms with Crippen LogP contribution in [-0.2, 0) is 0 Å². The van der Waals surface area contributed by atoms with Crippen molar-refractivity contribution in [1.29, 1.82) is 5.26 Å². The molecule has 0 aliphatic heterocycles. The Bertz CT molecular complexity index is 436. The van der Waals surface area contributed by atoms with Crippen LogP contribution >= 0.6 is 22.7 Å². The largest absolute Gasteiger partial charge is 0.396 e. The maximum atomic E-state index is 9.48. The van der Waals surface area contributed by atoms with Crippen molar-refractivity contribution < 1.29 is 5.11 Å². The fourth-order valence-corrected chi connectivity index (χ4v) is 3.90. The highest BCUT2D eigenvalue weighted by atomic mass is 32.1. The highest BCUT2D eigenvalue weighted by Gasteiger charge is 2.25. The molecule has 2 nitrogen and oxygen atoms in total. The highest BCUT2D eigenvalue weighted by molar-refractivity contribution is 7.11. The Hall–Kier alpha value is -1.15. The van der Waals surface area contributed by atoms with Crippen molar-refractivity contribution in [3.8, 4) is 6.07 Å². The summed E-state index contributed by atoms with van der Waals surface area (Å²) in [6, 6.07) is 10.4. The molecule has 0 bridgehead atoms. The molecule has 0 aliphatic rings. The molecule has 0 saturated carbocycles. The van der Waals surface area contributed by atoms with Crippen molar-refractivity contribution in [1.82, 2.24) is 0 Å². The summed E-state index contributed by atoms with van der Waals surface area (Å²) in [4.78, 5) is 2.45. The molecule has 0 saturated heterocycles. The molecule has 0 spiro atoms. The van der Waals surface area contributed by atoms with Gasteiger partial charge in [0.15, 0.2) is 0 Å². The van der Waals surface area contributed by atoms with Gasteiger partial charge in [0.1, 0.15) is 0 Å². The zero-order chi connectivity index (χ0) is 12.1. The molecule has 1 atom stereocenters. The fourth-order valence-electron chi connectivity index (χ4n) is 1.95. The molecule has 2 aromatic rings. The standard InChI is InChI=1S/C13H13NOS2/c14-6-5-10(9-15)13(11-3-1-7-16-11)12-4-2-8-17-12/h1-4,7-8,10,13,15H,5,9H2. The first-order chi connectivity index (χ1) is 8.36. The van der Waals surface area contributed by atoms with E-state index in [1.807, 2.05) is 22.9 Å². The van der Waals surface area contributed by atoms with Gasteiger partial charge in [-0.1, -0.05) is 12.1 Å². The van der Waals surface area contributed by atoms with Gasteiger partial charge in [-0.25, -0.2) is 0 Å². The molecular formula is C13H13NOS2. The number of aliphatic hydroxyl groups is 1. The summed E-state index contributed by atoms with van der Waals surface area (Å²) >= 11 is 3.37. The molecule has 0 radical (unpaired) electrons. The molecule has 0 aromatic carbocycles. The van der Waals surface area contributed by atoms with Gasteiger partial charge in [-0.05, 0) is 22.9 Å². The summed E-state index contributed by atoms with van der Waals surface area (Å²) < 4.78 is 0. The quantitative estimate of drug-likeness (QED) is 0.897. The summed E-state index contributed by atoms with van der Waals surface area (Å²) in [5, 5.41) is 22.4. The minimum atomic E-state index is -0.0164. The lowest BCUT2D eigenvalue weighted by atomic mass is 9.88. The van der Waals surface area contributed by atoms with Crippen molar-refractivity contribution in [3.05, 3.63) is 44.8 Å². The smallest absolute Gasteiger partial charge is 0.0625 e. The van der Waals surface area contributed by atoms with Crippen LogP contribution in [0.2, 0.25) is 0 Å². The molecular weight excluding hydrogens is 250 g/mol. The molecule has 2 aromatic heterocycles. The van der Waals surface area contributed by atoms with E-state index in [0.29, 0.717) is 6.42 Å². The van der Waals surface area contributed by atoms with Gasteiger partial charge < -0.3 is 5.11 Å². The number of nitrogens with zero attached hydrogens (tertiary/aromatic N) is 1. The van der Waals surface area contributed by atoms with E-state index < -0.39 is 0 Å². The fraction of sp³-hybridized carbons (Fsp3) is 0.308. The third kappa shape index (κ3) is 2.75. The normalized spacial score (nSPS) is 12.5. The van der Waals surface area contributed by atoms with Crippen LogP contribution in [0.25, 0.3) is 0 Å². The lowest BCUT2D eigenvalue weighted by Crippen LogP contribution is -2.16. The Morgan fingerprint density at radius 3 is 2.12 bits per heavy atom. The first-order valence-electron chi connectivity index (χ1n) is 5.41. The Morgan fingerprint density at radius 2 is 1.76 bits per heavy atom. The van der Waals surface area contributed by atoms with Crippen molar-refractivity contribution in [2.45, 2.75) is 12.3 Å². The predicted molar refractivity (Wildman–Crippen MR) is 71.3 cm³/mol. The Balaban J connectivity index is 2.34. The van der Waals surface area contributed by atoms with Gasteiger partial charge in [-0.3, -0.25) is 0 Å². The molecule has 2 heterocycles. The molecule has 0 fully saturated rings. The summed E-state index contributed by atoms with van der Waals surface area (Å²) in [5.74, 6) is 0.136. The van der Waals surface area contributed by atoms with Crippen molar-refractivity contribution in [2.24, 2.45) is 5.92 Å². The lowest BCUT2D eigenvalue weighted by Gasteiger charge is -2.21. The van der Waals surface area contributed by atoms with Gasteiger partial charge in [-0.15, -0.1) is 22.7 Å². The maximum absolute atomic E-state index is 9.48. The third-order valence-electron chi connectivity index (χ3n) is 2.76. The predicted octanol–water partition coefficient (Wildman–Crippen LogP) is 3.46. The molecule has 88 valence electrons. The van der Waals surface area contributed by atoms with Crippen LogP contribution in [-0.4, -0.2) is 11.7 Å². The van der Waals surface area contributed by atoms with Crippen molar-refractivity contribution in [2.75, 3.05) is 6.61 Å². The summed E-state index contributed by atoms with van der Waals surface area (Å²) in [6.45, 7) is 0.0496. The molecule has 0 amide bonds. The molecule has 0 aliphatic carbocycles. The Labute approximate surface area is 109 Å². The van der Waals surface area contributed by atoms with Crippen molar-refractivity contribution >= 4 is 22.7 Å². The lowest BCUT2D eigenvalue weighted by molar-refractivity contribution is 0.217. The topological polar surface area (TPSA) is 44.0 Å². The van der Waals surface area contributed by atoms with E-state index in [2.05, 4.69) is 18.2 Å². The van der Waals surface area contributed by atoms with Gasteiger partial charge >= 0.3 is 0 Å². The molecule has 17 heavy (non-hydrogen) atoms. The molecule has 1 unspecified atom stereocenters. The van der Waals surface area contributed by atoms with E-state index in [4.69, 9.17) is 5.26 Å². The molecule has 1 N–H and O–H groups in total. The first kappa shape index (κ1) is 12.3. The van der Waals surface area contributed by atoms with Crippen LogP contribution < -0.4 is 0 Å². The maximum Gasteiger partial charge on any atom is 0.0625 e. The van der Waals surface area contributed by atoms with Crippen LogP contribution in [0.15, 0.2) is 35.0 Å². The number of rotatable bonds is 5. The van der Waals surface area contributed by atoms with Crippen molar-refractivity contribution in [3.63, 3.8) is 0 Å². The van der Waals surface area contributed by atoms with E-state index in [0.717, 1.165) is 0 Å². The average Bonchev–Trinajstić information content (AvgIpc) is 3.01. The van der Waals surface area contributed by atoms with Gasteiger partial charge in [0.25, 0.3) is 0 Å². The second-order valence-corrected chi connectivity index (χ2v) is 5.77. The zero-order valence-electron chi connectivity index (χ0n) is 9.24. The minimum absolute atomic E-state index is 0.0164. The first-order valence-corrected chi connectivity index (χ1v) is 7.17. The van der Waals surface area contributed by atoms with Crippen LogP contribution in [0.4, 0.5) is 0 Å². The van der Waals surface area contributed by atoms with Crippen LogP contribution in [0.1, 0.15) is 22.1 Å². The third-order valence-corrected chi connectivity index (χ3v) is 4.67. The number of aliphatic hydroxyl groups excluding tert-OH is 1. The number of hydrogen-bond acceptors (Lipinski definition) is 4. The zero-order valence-corrected chi connectivity index (χ0v) is 10.9. The van der Waals surface area contributed by atoms with E-state index in [9.17, 15) is 5.11 Å². The van der Waals surface area contributed by atoms with Gasteiger partial charge in [-0.2, -0.15) is 5.26 Å². The average molecular weight is 263 g/mol. The SMILES string of the molecule is N#CCC(CO)C(c1cccs1)c1cccs1. The number of nitriles is 1. The van der Waals surface area contributed by atoms with E-state index in [1.165, 1.54) is 9.75 Å². The monoisotopic (exact) mass is 263 g/mol. The van der Waals surface area contributed by atoms with Gasteiger partial charge in [0.05, 0.1) is 6.07 Å². The number of thiophene rings is 2. The van der Waals surface area contributed by atoms with Gasteiger partial charge in [0.2, 0.25) is 0 Å². The summed E-state index contributed by atoms with van der Waals surface area (Å²) in [7, 11) is 0. The van der Waals surface area contributed by atoms with E-state index >= 15 is 0 Å². The second-order valence-electron chi connectivity index (χ2n) is 3.81. The second kappa shape index (κ2) is 5.97. The molecule has 2 rings (SSSR count). The summed E-state index contributed by atoms with van der Waals surface area (Å²) in [5.41, 5.74) is 0.